The molecule has 29 heavy (non-hydrogen) atoms. The number of carbonyl (C=O) groups is 1. The van der Waals surface area contributed by atoms with Crippen molar-refractivity contribution in [1.29, 1.82) is 0 Å². The van der Waals surface area contributed by atoms with Crippen LogP contribution in [-0.4, -0.2) is 22.2 Å². The Morgan fingerprint density at radius 3 is 2.86 bits per heavy atom. The highest BCUT2D eigenvalue weighted by molar-refractivity contribution is 7.16. The maximum absolute atomic E-state index is 12.4. The van der Waals surface area contributed by atoms with E-state index in [1.807, 2.05) is 16.7 Å². The van der Waals surface area contributed by atoms with E-state index >= 15 is 0 Å². The first-order valence-corrected chi connectivity index (χ1v) is 9.42. The van der Waals surface area contributed by atoms with E-state index in [1.54, 1.807) is 18.2 Å². The number of carbonyl (C=O) groups excluding carboxylic acids is 1. The molecule has 1 amide bonds. The summed E-state index contributed by atoms with van der Waals surface area (Å²) in [5.74, 6) is 0.838. The van der Waals surface area contributed by atoms with Gasteiger partial charge in [0.05, 0.1) is 15.1 Å². The molecule has 2 heterocycles. The molecule has 0 bridgehead atoms. The zero-order chi connectivity index (χ0) is 20.4. The molecule has 0 atom stereocenters. The number of non-ortho nitro benzene ring substituents is 1. The Balaban J connectivity index is 1.69. The van der Waals surface area contributed by atoms with Crippen LogP contribution in [0.4, 0.5) is 5.69 Å². The summed E-state index contributed by atoms with van der Waals surface area (Å²) < 4.78 is 13.6. The second-order valence-corrected chi connectivity index (χ2v) is 7.10. The topological polar surface area (TPSA) is 96.0 Å². The normalized spacial score (nSPS) is 13.3. The van der Waals surface area contributed by atoms with Crippen LogP contribution in [0.3, 0.4) is 0 Å². The molecule has 4 rings (SSSR count). The lowest BCUT2D eigenvalue weighted by Crippen LogP contribution is -2.15. The number of hydrogen-bond donors (Lipinski definition) is 0. The van der Waals surface area contributed by atoms with Crippen molar-refractivity contribution in [2.24, 2.45) is 4.99 Å². The van der Waals surface area contributed by atoms with Crippen LogP contribution in [0.1, 0.15) is 5.56 Å². The van der Waals surface area contributed by atoms with Gasteiger partial charge in [-0.1, -0.05) is 29.5 Å². The first-order chi connectivity index (χ1) is 14.0. The van der Waals surface area contributed by atoms with Crippen LogP contribution < -0.4 is 14.3 Å². The highest BCUT2D eigenvalue weighted by Gasteiger charge is 2.17. The summed E-state index contributed by atoms with van der Waals surface area (Å²) in [7, 11) is 0. The van der Waals surface area contributed by atoms with Crippen LogP contribution >= 0.6 is 11.3 Å². The number of fused-ring (bicyclic) bond motifs is 2. The first-order valence-electron chi connectivity index (χ1n) is 8.60. The van der Waals surface area contributed by atoms with E-state index in [9.17, 15) is 14.9 Å². The van der Waals surface area contributed by atoms with Crippen molar-refractivity contribution in [3.63, 3.8) is 0 Å². The molecule has 1 aromatic heterocycles. The number of aromatic nitrogens is 1. The molecule has 0 unspecified atom stereocenters. The summed E-state index contributed by atoms with van der Waals surface area (Å²) in [6.45, 7) is 4.43. The second-order valence-electron chi connectivity index (χ2n) is 6.09. The predicted octanol–water partition coefficient (Wildman–Crippen LogP) is 3.67. The van der Waals surface area contributed by atoms with Crippen LogP contribution in [0, 0.1) is 10.1 Å². The number of thiazole rings is 1. The minimum absolute atomic E-state index is 0.0395. The highest BCUT2D eigenvalue weighted by Crippen LogP contribution is 2.36. The van der Waals surface area contributed by atoms with Crippen molar-refractivity contribution in [2.45, 2.75) is 6.54 Å². The molecule has 0 fully saturated rings. The molecule has 0 saturated carbocycles. The molecule has 1 aliphatic heterocycles. The van der Waals surface area contributed by atoms with Crippen molar-refractivity contribution in [2.75, 3.05) is 6.79 Å². The smallest absolute Gasteiger partial charge is 0.272 e. The van der Waals surface area contributed by atoms with E-state index in [4.69, 9.17) is 9.47 Å². The minimum Gasteiger partial charge on any atom is -0.454 e. The van der Waals surface area contributed by atoms with Gasteiger partial charge < -0.3 is 14.0 Å². The molecule has 0 radical (unpaired) electrons. The summed E-state index contributed by atoms with van der Waals surface area (Å²) in [6.07, 6.45) is 4.51. The molecule has 9 heteroatoms. The molecule has 3 aromatic rings. The van der Waals surface area contributed by atoms with Gasteiger partial charge in [-0.2, -0.15) is 4.99 Å². The maximum Gasteiger partial charge on any atom is 0.272 e. The number of ether oxygens (including phenoxy) is 2. The van der Waals surface area contributed by atoms with Crippen molar-refractivity contribution in [3.05, 3.63) is 75.6 Å². The fourth-order valence-corrected chi connectivity index (χ4v) is 3.95. The number of nitro benzene ring substituents is 1. The van der Waals surface area contributed by atoms with E-state index in [-0.39, 0.29) is 12.5 Å². The Morgan fingerprint density at radius 1 is 1.31 bits per heavy atom. The van der Waals surface area contributed by atoms with E-state index in [1.165, 1.54) is 35.6 Å². The van der Waals surface area contributed by atoms with Gasteiger partial charge in [0.2, 0.25) is 6.79 Å². The van der Waals surface area contributed by atoms with Crippen molar-refractivity contribution >= 4 is 39.2 Å². The number of nitrogens with zero attached hydrogens (tertiary/aromatic N) is 3. The van der Waals surface area contributed by atoms with Gasteiger partial charge in [0.25, 0.3) is 11.6 Å². The van der Waals surface area contributed by atoms with Gasteiger partial charge in [-0.15, -0.1) is 6.58 Å². The largest absolute Gasteiger partial charge is 0.454 e. The molecule has 1 aliphatic rings. The van der Waals surface area contributed by atoms with Crippen molar-refractivity contribution in [1.82, 2.24) is 4.57 Å². The van der Waals surface area contributed by atoms with Gasteiger partial charge in [-0.25, -0.2) is 0 Å². The van der Waals surface area contributed by atoms with Crippen LogP contribution in [0.15, 0.2) is 60.1 Å². The van der Waals surface area contributed by atoms with E-state index in [0.717, 1.165) is 10.2 Å². The van der Waals surface area contributed by atoms with Gasteiger partial charge in [0.15, 0.2) is 16.3 Å². The summed E-state index contributed by atoms with van der Waals surface area (Å²) in [5, 5.41) is 10.9. The number of hydrogen-bond acceptors (Lipinski definition) is 6. The lowest BCUT2D eigenvalue weighted by molar-refractivity contribution is -0.384. The van der Waals surface area contributed by atoms with Crippen LogP contribution in [0.25, 0.3) is 16.3 Å². The standard InChI is InChI=1S/C20H15N3O5S/c1-2-8-22-15-10-16-17(28-12-27-16)11-18(15)29-20(22)21-19(24)7-6-13-4-3-5-14(9-13)23(25)26/h2-7,9-11H,1,8,12H2/b7-6+,21-20?. The summed E-state index contributed by atoms with van der Waals surface area (Å²) in [5.41, 5.74) is 1.37. The minimum atomic E-state index is -0.482. The monoisotopic (exact) mass is 409 g/mol. The summed E-state index contributed by atoms with van der Waals surface area (Å²) >= 11 is 1.36. The predicted molar refractivity (Wildman–Crippen MR) is 109 cm³/mol. The molecule has 2 aromatic carbocycles. The lowest BCUT2D eigenvalue weighted by Gasteiger charge is -2.01. The zero-order valence-corrected chi connectivity index (χ0v) is 15.9. The third kappa shape index (κ3) is 3.81. The third-order valence-electron chi connectivity index (χ3n) is 4.19. The third-order valence-corrected chi connectivity index (χ3v) is 5.24. The fourth-order valence-electron chi connectivity index (χ4n) is 2.89. The Hall–Kier alpha value is -3.72. The molecule has 0 aliphatic carbocycles. The number of benzene rings is 2. The number of nitro groups is 1. The summed E-state index contributed by atoms with van der Waals surface area (Å²) in [6, 6.07) is 9.75. The number of allylic oxidation sites excluding steroid dienone is 1. The molecular formula is C20H15N3O5S. The molecule has 8 nitrogen and oxygen atoms in total. The van der Waals surface area contributed by atoms with Crippen molar-refractivity contribution in [3.8, 4) is 11.5 Å². The fraction of sp³-hybridized carbons (Fsp3) is 0.100. The average molecular weight is 409 g/mol. The Morgan fingerprint density at radius 2 is 2.10 bits per heavy atom. The molecule has 0 N–H and O–H groups in total. The quantitative estimate of drug-likeness (QED) is 0.277. The maximum atomic E-state index is 12.4. The molecule has 146 valence electrons. The van der Waals surface area contributed by atoms with Crippen LogP contribution in [0.5, 0.6) is 11.5 Å². The van der Waals surface area contributed by atoms with Gasteiger partial charge in [-0.3, -0.25) is 14.9 Å². The van der Waals surface area contributed by atoms with E-state index in [2.05, 4.69) is 11.6 Å². The molecule has 0 spiro atoms. The molecule has 0 saturated heterocycles. The van der Waals surface area contributed by atoms with E-state index < -0.39 is 10.8 Å². The van der Waals surface area contributed by atoms with Gasteiger partial charge in [0, 0.05) is 36.9 Å². The first kappa shape index (κ1) is 18.6. The van der Waals surface area contributed by atoms with Gasteiger partial charge >= 0.3 is 0 Å². The zero-order valence-electron chi connectivity index (χ0n) is 15.1. The van der Waals surface area contributed by atoms with Gasteiger partial charge in [-0.05, 0) is 11.6 Å². The van der Waals surface area contributed by atoms with Crippen molar-refractivity contribution < 1.29 is 19.2 Å². The lowest BCUT2D eigenvalue weighted by atomic mass is 10.2. The Kier molecular flexibility index (Phi) is 4.96. The number of rotatable bonds is 5. The van der Waals surface area contributed by atoms with Crippen LogP contribution in [0.2, 0.25) is 0 Å². The average Bonchev–Trinajstić information content (AvgIpc) is 3.29. The Labute approximate surface area is 168 Å². The number of amides is 1. The van der Waals surface area contributed by atoms with Gasteiger partial charge in [0.1, 0.15) is 0 Å². The SMILES string of the molecule is C=CCn1c(=NC(=O)/C=C/c2cccc([N+](=O)[O-])c2)sc2cc3c(cc21)OCO3. The summed E-state index contributed by atoms with van der Waals surface area (Å²) in [4.78, 5) is 27.4. The Bertz CT molecular complexity index is 1240. The second kappa shape index (κ2) is 7.72. The van der Waals surface area contributed by atoms with Crippen LogP contribution in [-0.2, 0) is 11.3 Å². The highest BCUT2D eigenvalue weighted by atomic mass is 32.1. The molecular weight excluding hydrogens is 394 g/mol. The van der Waals surface area contributed by atoms with E-state index in [0.29, 0.717) is 28.4 Å².